The topological polar surface area (TPSA) is 112 Å². The smallest absolute Gasteiger partial charge is 0.255 e. The Labute approximate surface area is 208 Å². The molecule has 4 aromatic rings. The Balaban J connectivity index is 1.28. The molecule has 8 nitrogen and oxygen atoms in total. The van der Waals surface area contributed by atoms with Gasteiger partial charge in [0.1, 0.15) is 0 Å². The Morgan fingerprint density at radius 2 is 1.61 bits per heavy atom. The summed E-state index contributed by atoms with van der Waals surface area (Å²) in [7, 11) is 0. The number of benzene rings is 2. The van der Waals surface area contributed by atoms with Crippen molar-refractivity contribution in [3.63, 3.8) is 0 Å². The van der Waals surface area contributed by atoms with Crippen LogP contribution in [0.1, 0.15) is 61.9 Å². The largest absolute Gasteiger partial charge is 0.366 e. The van der Waals surface area contributed by atoms with Crippen LogP contribution in [-0.4, -0.2) is 26.2 Å². The number of aromatic nitrogens is 3. The second-order valence-electron chi connectivity index (χ2n) is 9.09. The number of hydrogen-bond donors (Lipinski definition) is 2. The number of carbonyl (C=O) groups excluding carboxylic acids is 2. The van der Waals surface area contributed by atoms with Gasteiger partial charge < -0.3 is 15.6 Å². The Bertz CT molecular complexity index is 1470. The summed E-state index contributed by atoms with van der Waals surface area (Å²) in [5, 5.41) is 7.65. The first kappa shape index (κ1) is 23.3. The Morgan fingerprint density at radius 3 is 2.31 bits per heavy atom. The first-order valence-electron chi connectivity index (χ1n) is 11.9. The van der Waals surface area contributed by atoms with E-state index in [0.29, 0.717) is 35.7 Å². The van der Waals surface area contributed by atoms with Crippen molar-refractivity contribution in [2.45, 2.75) is 38.4 Å². The molecule has 8 heteroatoms. The van der Waals surface area contributed by atoms with Crippen molar-refractivity contribution in [2.75, 3.05) is 0 Å². The van der Waals surface area contributed by atoms with Gasteiger partial charge in [0.05, 0.1) is 24.3 Å². The highest BCUT2D eigenvalue weighted by molar-refractivity contribution is 5.96. The minimum atomic E-state index is -0.520. The molecule has 3 N–H and O–H groups in total. The van der Waals surface area contributed by atoms with Crippen LogP contribution in [-0.2, 0) is 19.6 Å². The zero-order chi connectivity index (χ0) is 25.1. The number of amides is 2. The molecule has 182 valence electrons. The Kier molecular flexibility index (Phi) is 6.49. The van der Waals surface area contributed by atoms with Gasteiger partial charge in [0.25, 0.3) is 11.5 Å². The molecule has 1 aliphatic carbocycles. The van der Waals surface area contributed by atoms with Crippen molar-refractivity contribution >= 4 is 11.8 Å². The second kappa shape index (κ2) is 10.0. The number of nitrogens with zero attached hydrogens (tertiary/aromatic N) is 3. The summed E-state index contributed by atoms with van der Waals surface area (Å²) >= 11 is 0. The van der Waals surface area contributed by atoms with Crippen molar-refractivity contribution in [1.82, 2.24) is 19.7 Å². The van der Waals surface area contributed by atoms with E-state index in [1.165, 1.54) is 0 Å². The van der Waals surface area contributed by atoms with Gasteiger partial charge in [-0.15, -0.1) is 0 Å². The molecule has 0 radical (unpaired) electrons. The molecule has 2 heterocycles. The quantitative estimate of drug-likeness (QED) is 0.383. The lowest BCUT2D eigenvalue weighted by atomic mass is 10.1. The predicted molar refractivity (Wildman–Crippen MR) is 136 cm³/mol. The summed E-state index contributed by atoms with van der Waals surface area (Å²) in [6, 6.07) is 20.2. The zero-order valence-corrected chi connectivity index (χ0v) is 19.8. The molecular weight excluding hydrogens is 454 g/mol. The molecule has 2 aromatic carbocycles. The fourth-order valence-corrected chi connectivity index (χ4v) is 4.26. The molecule has 1 aliphatic rings. The third-order valence-corrected chi connectivity index (χ3v) is 6.34. The predicted octanol–water partition coefficient (Wildman–Crippen LogP) is 3.05. The van der Waals surface area contributed by atoms with Gasteiger partial charge in [-0.2, -0.15) is 5.10 Å². The van der Waals surface area contributed by atoms with E-state index in [1.807, 2.05) is 36.4 Å². The van der Waals surface area contributed by atoms with Crippen LogP contribution >= 0.6 is 0 Å². The highest BCUT2D eigenvalue weighted by Crippen LogP contribution is 2.40. The average Bonchev–Trinajstić information content (AvgIpc) is 3.65. The van der Waals surface area contributed by atoms with Crippen molar-refractivity contribution in [1.29, 1.82) is 0 Å². The van der Waals surface area contributed by atoms with Crippen LogP contribution in [0, 0.1) is 0 Å². The molecule has 0 bridgehead atoms. The van der Waals surface area contributed by atoms with Crippen molar-refractivity contribution in [3.8, 4) is 0 Å². The van der Waals surface area contributed by atoms with Gasteiger partial charge in [-0.1, -0.05) is 48.5 Å². The summed E-state index contributed by atoms with van der Waals surface area (Å²) in [4.78, 5) is 36.7. The number of primary amides is 1. The number of carbonyl (C=O) groups is 2. The van der Waals surface area contributed by atoms with Gasteiger partial charge in [-0.25, -0.2) is 0 Å². The van der Waals surface area contributed by atoms with Gasteiger partial charge in [0, 0.05) is 36.5 Å². The van der Waals surface area contributed by atoms with E-state index in [1.54, 1.807) is 52.0 Å². The van der Waals surface area contributed by atoms with Crippen molar-refractivity contribution in [2.24, 2.45) is 5.73 Å². The van der Waals surface area contributed by atoms with E-state index >= 15 is 0 Å². The second-order valence-corrected chi connectivity index (χ2v) is 9.09. The summed E-state index contributed by atoms with van der Waals surface area (Å²) in [5.41, 5.74) is 9.96. The lowest BCUT2D eigenvalue weighted by Gasteiger charge is -2.08. The van der Waals surface area contributed by atoms with E-state index in [9.17, 15) is 14.4 Å². The minimum Gasteiger partial charge on any atom is -0.366 e. The zero-order valence-electron chi connectivity index (χ0n) is 19.8. The normalized spacial score (nSPS) is 12.9. The first-order valence-corrected chi connectivity index (χ1v) is 11.9. The molecule has 0 spiro atoms. The van der Waals surface area contributed by atoms with Crippen LogP contribution in [0.2, 0.25) is 0 Å². The van der Waals surface area contributed by atoms with Crippen LogP contribution < -0.4 is 16.6 Å². The SMILES string of the molecule is NC(=O)c1ccccc1CNC(=O)c1cn(Cc2ccc(Cn3ccccc3=O)cc2)nc1C1CC1. The van der Waals surface area contributed by atoms with Gasteiger partial charge in [-0.05, 0) is 41.7 Å². The third-order valence-electron chi connectivity index (χ3n) is 6.34. The highest BCUT2D eigenvalue weighted by Gasteiger charge is 2.31. The van der Waals surface area contributed by atoms with E-state index in [0.717, 1.165) is 29.7 Å². The van der Waals surface area contributed by atoms with Crippen LogP contribution in [0.3, 0.4) is 0 Å². The van der Waals surface area contributed by atoms with Gasteiger partial charge in [-0.3, -0.25) is 19.1 Å². The molecule has 2 aromatic heterocycles. The summed E-state index contributed by atoms with van der Waals surface area (Å²) in [5.74, 6) is -0.435. The molecule has 1 fully saturated rings. The summed E-state index contributed by atoms with van der Waals surface area (Å²) < 4.78 is 3.47. The summed E-state index contributed by atoms with van der Waals surface area (Å²) in [6.07, 6.45) is 5.61. The molecule has 0 unspecified atom stereocenters. The molecule has 2 amide bonds. The maximum atomic E-state index is 13.1. The van der Waals surface area contributed by atoms with E-state index in [-0.39, 0.29) is 18.0 Å². The van der Waals surface area contributed by atoms with Gasteiger partial charge >= 0.3 is 0 Å². The number of nitrogens with two attached hydrogens (primary N) is 1. The van der Waals surface area contributed by atoms with E-state index < -0.39 is 5.91 Å². The Morgan fingerprint density at radius 1 is 0.917 bits per heavy atom. The number of pyridine rings is 1. The molecule has 5 rings (SSSR count). The maximum absolute atomic E-state index is 13.1. The fraction of sp³-hybridized carbons (Fsp3) is 0.214. The lowest BCUT2D eigenvalue weighted by molar-refractivity contribution is 0.0945. The van der Waals surface area contributed by atoms with Gasteiger partial charge in [0.15, 0.2) is 0 Å². The van der Waals surface area contributed by atoms with Crippen LogP contribution in [0.4, 0.5) is 0 Å². The molecule has 0 saturated heterocycles. The van der Waals surface area contributed by atoms with Crippen molar-refractivity contribution < 1.29 is 9.59 Å². The molecule has 0 aliphatic heterocycles. The van der Waals surface area contributed by atoms with E-state index in [4.69, 9.17) is 10.8 Å². The Hall–Kier alpha value is -4.46. The van der Waals surface area contributed by atoms with E-state index in [2.05, 4.69) is 5.32 Å². The molecular formula is C28H27N5O3. The van der Waals surface area contributed by atoms with Crippen molar-refractivity contribution in [3.05, 3.63) is 123 Å². The lowest BCUT2D eigenvalue weighted by Crippen LogP contribution is -2.25. The highest BCUT2D eigenvalue weighted by atomic mass is 16.2. The number of nitrogens with one attached hydrogen (secondary N) is 1. The molecule has 1 saturated carbocycles. The monoisotopic (exact) mass is 481 g/mol. The fourth-order valence-electron chi connectivity index (χ4n) is 4.26. The number of hydrogen-bond acceptors (Lipinski definition) is 4. The maximum Gasteiger partial charge on any atom is 0.255 e. The third kappa shape index (κ3) is 5.27. The number of rotatable bonds is 9. The van der Waals surface area contributed by atoms with Crippen LogP contribution in [0.25, 0.3) is 0 Å². The van der Waals surface area contributed by atoms with Gasteiger partial charge in [0.2, 0.25) is 5.91 Å². The van der Waals surface area contributed by atoms with Crippen LogP contribution in [0.15, 0.2) is 83.9 Å². The molecule has 36 heavy (non-hydrogen) atoms. The standard InChI is InChI=1S/C28H27N5O3/c29-27(35)23-6-2-1-5-22(23)15-30-28(36)24-18-33(31-26(24)21-12-13-21)17-20-10-8-19(9-11-20)16-32-14-4-3-7-25(32)34/h1-11,14,18,21H,12-13,15-17H2,(H2,29,35)(H,30,36). The minimum absolute atomic E-state index is 0.0327. The molecule has 0 atom stereocenters. The summed E-state index contributed by atoms with van der Waals surface area (Å²) in [6.45, 7) is 1.25. The van der Waals surface area contributed by atoms with Crippen LogP contribution in [0.5, 0.6) is 0 Å². The first-order chi connectivity index (χ1) is 17.5. The average molecular weight is 482 g/mol.